The van der Waals surface area contributed by atoms with Gasteiger partial charge in [-0.05, 0) is 41.1 Å². The van der Waals surface area contributed by atoms with E-state index in [1.165, 1.54) is 21.3 Å². The first kappa shape index (κ1) is 21.3. The molecule has 31 heavy (non-hydrogen) atoms. The Hall–Kier alpha value is -2.91. The van der Waals surface area contributed by atoms with E-state index < -0.39 is 27.7 Å². The Morgan fingerprint density at radius 3 is 2.16 bits per heavy atom. The third-order valence-corrected chi connectivity index (χ3v) is 7.22. The lowest BCUT2D eigenvalue weighted by molar-refractivity contribution is -0.137. The van der Waals surface area contributed by atoms with Crippen LogP contribution in [0.5, 0.6) is 0 Å². The first-order valence-electron chi connectivity index (χ1n) is 9.62. The Balaban J connectivity index is 1.48. The molecule has 0 bridgehead atoms. The molecule has 1 saturated heterocycles. The van der Waals surface area contributed by atoms with Crippen molar-refractivity contribution in [2.24, 2.45) is 0 Å². The van der Waals surface area contributed by atoms with E-state index in [0.29, 0.717) is 0 Å². The van der Waals surface area contributed by atoms with Crippen molar-refractivity contribution in [1.82, 2.24) is 9.21 Å². The summed E-state index contributed by atoms with van der Waals surface area (Å²) >= 11 is 0. The third-order valence-electron chi connectivity index (χ3n) is 5.32. The molecule has 4 rings (SSSR count). The van der Waals surface area contributed by atoms with Crippen LogP contribution < -0.4 is 0 Å². The molecule has 1 heterocycles. The molecule has 0 spiro atoms. The Bertz CT molecular complexity index is 1230. The number of alkyl halides is 3. The van der Waals surface area contributed by atoms with Crippen molar-refractivity contribution < 1.29 is 26.4 Å². The van der Waals surface area contributed by atoms with Crippen LogP contribution in [0.15, 0.2) is 71.6 Å². The van der Waals surface area contributed by atoms with Crippen molar-refractivity contribution in [3.63, 3.8) is 0 Å². The molecular formula is C22H19F3N2O3S. The molecule has 0 aromatic heterocycles. The zero-order valence-corrected chi connectivity index (χ0v) is 17.2. The maximum absolute atomic E-state index is 13.0. The van der Waals surface area contributed by atoms with Gasteiger partial charge in [-0.15, -0.1) is 0 Å². The van der Waals surface area contributed by atoms with Crippen molar-refractivity contribution >= 4 is 26.7 Å². The van der Waals surface area contributed by atoms with Gasteiger partial charge in [0.1, 0.15) is 0 Å². The molecule has 1 amide bonds. The van der Waals surface area contributed by atoms with Gasteiger partial charge >= 0.3 is 6.18 Å². The van der Waals surface area contributed by atoms with Crippen molar-refractivity contribution in [2.45, 2.75) is 11.1 Å². The number of hydrogen-bond acceptors (Lipinski definition) is 3. The van der Waals surface area contributed by atoms with Crippen LogP contribution in [0.3, 0.4) is 0 Å². The second-order valence-corrected chi connectivity index (χ2v) is 9.22. The van der Waals surface area contributed by atoms with E-state index in [-0.39, 0.29) is 36.6 Å². The van der Waals surface area contributed by atoms with Crippen molar-refractivity contribution in [2.75, 3.05) is 26.2 Å². The van der Waals surface area contributed by atoms with Crippen LogP contribution >= 0.6 is 0 Å². The second-order valence-electron chi connectivity index (χ2n) is 7.28. The van der Waals surface area contributed by atoms with E-state index in [4.69, 9.17) is 0 Å². The molecule has 0 aliphatic carbocycles. The number of nitrogens with zero attached hydrogens (tertiary/aromatic N) is 2. The van der Waals surface area contributed by atoms with E-state index in [2.05, 4.69) is 0 Å². The van der Waals surface area contributed by atoms with Gasteiger partial charge in [0, 0.05) is 31.7 Å². The molecule has 9 heteroatoms. The highest BCUT2D eigenvalue weighted by Crippen LogP contribution is 2.30. The molecule has 162 valence electrons. The highest BCUT2D eigenvalue weighted by atomic mass is 32.2. The van der Waals surface area contributed by atoms with Crippen LogP contribution in [0, 0.1) is 0 Å². The predicted molar refractivity (Wildman–Crippen MR) is 110 cm³/mol. The van der Waals surface area contributed by atoms with E-state index in [9.17, 15) is 26.4 Å². The van der Waals surface area contributed by atoms with Crippen LogP contribution in [0.25, 0.3) is 10.8 Å². The van der Waals surface area contributed by atoms with Gasteiger partial charge in [0.25, 0.3) is 5.91 Å². The van der Waals surface area contributed by atoms with Crippen LogP contribution in [-0.4, -0.2) is 49.7 Å². The minimum absolute atomic E-state index is 0.0688. The molecule has 3 aromatic carbocycles. The third kappa shape index (κ3) is 4.28. The number of fused-ring (bicyclic) bond motifs is 1. The number of amides is 1. The summed E-state index contributed by atoms with van der Waals surface area (Å²) in [7, 11) is -3.75. The number of rotatable bonds is 3. The van der Waals surface area contributed by atoms with Crippen LogP contribution in [0.1, 0.15) is 15.9 Å². The number of piperazine rings is 1. The van der Waals surface area contributed by atoms with Crippen molar-refractivity contribution in [3.8, 4) is 0 Å². The van der Waals surface area contributed by atoms with E-state index in [1.54, 1.807) is 18.2 Å². The fourth-order valence-electron chi connectivity index (χ4n) is 3.62. The minimum atomic E-state index is -4.54. The SMILES string of the molecule is O=C(c1cccc(C(F)(F)F)c1)N1CCN(S(=O)(=O)c2ccc3ccccc3c2)CC1. The Morgan fingerprint density at radius 1 is 0.806 bits per heavy atom. The lowest BCUT2D eigenvalue weighted by Crippen LogP contribution is -2.50. The summed E-state index contributed by atoms with van der Waals surface area (Å²) < 4.78 is 66.1. The Morgan fingerprint density at radius 2 is 1.48 bits per heavy atom. The van der Waals surface area contributed by atoms with E-state index >= 15 is 0 Å². The summed E-state index contributed by atoms with van der Waals surface area (Å²) in [6, 6.07) is 16.6. The number of benzene rings is 3. The monoisotopic (exact) mass is 448 g/mol. The first-order valence-corrected chi connectivity index (χ1v) is 11.1. The zero-order chi connectivity index (χ0) is 22.2. The fraction of sp³-hybridized carbons (Fsp3) is 0.227. The van der Waals surface area contributed by atoms with Gasteiger partial charge in [-0.3, -0.25) is 4.79 Å². The maximum Gasteiger partial charge on any atom is 0.416 e. The maximum atomic E-state index is 13.0. The summed E-state index contributed by atoms with van der Waals surface area (Å²) in [6.45, 7) is 0.337. The molecule has 1 fully saturated rings. The smallest absolute Gasteiger partial charge is 0.336 e. The molecule has 3 aromatic rings. The molecule has 0 N–H and O–H groups in total. The highest BCUT2D eigenvalue weighted by Gasteiger charge is 2.33. The molecular weight excluding hydrogens is 429 g/mol. The number of sulfonamides is 1. The molecule has 1 aliphatic rings. The quantitative estimate of drug-likeness (QED) is 0.609. The first-order chi connectivity index (χ1) is 14.7. The van der Waals surface area contributed by atoms with Crippen LogP contribution in [-0.2, 0) is 16.2 Å². The van der Waals surface area contributed by atoms with E-state index in [0.717, 1.165) is 22.9 Å². The lowest BCUT2D eigenvalue weighted by atomic mass is 10.1. The molecule has 0 atom stereocenters. The van der Waals surface area contributed by atoms with Gasteiger partial charge in [0.15, 0.2) is 0 Å². The topological polar surface area (TPSA) is 57.7 Å². The molecule has 0 radical (unpaired) electrons. The van der Waals surface area contributed by atoms with Gasteiger partial charge in [-0.2, -0.15) is 17.5 Å². The van der Waals surface area contributed by atoms with Crippen LogP contribution in [0.4, 0.5) is 13.2 Å². The van der Waals surface area contributed by atoms with Gasteiger partial charge in [0.2, 0.25) is 10.0 Å². The minimum Gasteiger partial charge on any atom is -0.336 e. The summed E-state index contributed by atoms with van der Waals surface area (Å²) in [5.41, 5.74) is -0.962. The standard InChI is InChI=1S/C22H19F3N2O3S/c23-22(24,25)19-7-3-6-18(14-19)21(28)26-10-12-27(13-11-26)31(29,30)20-9-8-16-4-1-2-5-17(16)15-20/h1-9,14-15H,10-13H2. The van der Waals surface area contributed by atoms with Crippen molar-refractivity contribution in [3.05, 3.63) is 77.9 Å². The second kappa shape index (κ2) is 7.97. The van der Waals surface area contributed by atoms with Crippen LogP contribution in [0.2, 0.25) is 0 Å². The van der Waals surface area contributed by atoms with Gasteiger partial charge < -0.3 is 4.90 Å². The summed E-state index contributed by atoms with van der Waals surface area (Å²) in [5, 5.41) is 1.74. The summed E-state index contributed by atoms with van der Waals surface area (Å²) in [4.78, 5) is 14.2. The number of carbonyl (C=O) groups excluding carboxylic acids is 1. The summed E-state index contributed by atoms with van der Waals surface area (Å²) in [6.07, 6.45) is -4.54. The lowest BCUT2D eigenvalue weighted by Gasteiger charge is -2.34. The Labute approximate surface area is 177 Å². The zero-order valence-electron chi connectivity index (χ0n) is 16.3. The molecule has 1 aliphatic heterocycles. The summed E-state index contributed by atoms with van der Waals surface area (Å²) in [5.74, 6) is -0.547. The number of halogens is 3. The van der Waals surface area contributed by atoms with Gasteiger partial charge in [0.05, 0.1) is 10.5 Å². The predicted octanol–water partition coefficient (Wildman–Crippen LogP) is 4.01. The Kier molecular flexibility index (Phi) is 5.49. The van der Waals surface area contributed by atoms with E-state index in [1.807, 2.05) is 24.3 Å². The highest BCUT2D eigenvalue weighted by molar-refractivity contribution is 7.89. The number of carbonyl (C=O) groups is 1. The van der Waals surface area contributed by atoms with Gasteiger partial charge in [-0.25, -0.2) is 8.42 Å². The molecule has 0 saturated carbocycles. The van der Waals surface area contributed by atoms with Crippen molar-refractivity contribution in [1.29, 1.82) is 0 Å². The average molecular weight is 448 g/mol. The molecule has 0 unspecified atom stereocenters. The largest absolute Gasteiger partial charge is 0.416 e. The normalized spacial score (nSPS) is 15.9. The van der Waals surface area contributed by atoms with Gasteiger partial charge in [-0.1, -0.05) is 36.4 Å². The molecule has 5 nitrogen and oxygen atoms in total. The average Bonchev–Trinajstić information content (AvgIpc) is 2.78. The number of hydrogen-bond donors (Lipinski definition) is 0. The fourth-order valence-corrected chi connectivity index (χ4v) is 5.08.